The highest BCUT2D eigenvalue weighted by Gasteiger charge is 2.26. The van der Waals surface area contributed by atoms with Crippen LogP contribution in [0.3, 0.4) is 0 Å². The van der Waals surface area contributed by atoms with E-state index in [0.717, 1.165) is 6.04 Å². The molecule has 1 aliphatic rings. The van der Waals surface area contributed by atoms with Crippen molar-refractivity contribution in [3.8, 4) is 0 Å². The number of hydrogen-bond donors (Lipinski definition) is 1. The molecule has 1 rings (SSSR count). The maximum absolute atomic E-state index is 3.58. The van der Waals surface area contributed by atoms with Crippen molar-refractivity contribution in [1.29, 1.82) is 0 Å². The molecule has 2 heteroatoms. The van der Waals surface area contributed by atoms with Crippen LogP contribution < -0.4 is 5.32 Å². The zero-order valence-corrected chi connectivity index (χ0v) is 12.2. The summed E-state index contributed by atoms with van der Waals surface area (Å²) in [5.74, 6) is 0. The van der Waals surface area contributed by atoms with Crippen LogP contribution in [0.1, 0.15) is 65.2 Å². The maximum atomic E-state index is 3.58. The third kappa shape index (κ3) is 4.97. The average molecular weight is 240 g/mol. The summed E-state index contributed by atoms with van der Waals surface area (Å²) in [5, 5.41) is 3.58. The molecule has 0 spiro atoms. The molecule has 17 heavy (non-hydrogen) atoms. The highest BCUT2D eigenvalue weighted by atomic mass is 15.2. The van der Waals surface area contributed by atoms with Crippen molar-refractivity contribution in [2.75, 3.05) is 20.1 Å². The second-order valence-corrected chi connectivity index (χ2v) is 5.49. The SMILES string of the molecule is CCCN(CCC)C1CCCCCCC1NC. The summed E-state index contributed by atoms with van der Waals surface area (Å²) in [5.41, 5.74) is 0. The number of hydrogen-bond acceptors (Lipinski definition) is 2. The molecule has 2 atom stereocenters. The highest BCUT2D eigenvalue weighted by molar-refractivity contribution is 4.85. The summed E-state index contributed by atoms with van der Waals surface area (Å²) < 4.78 is 0. The van der Waals surface area contributed by atoms with Gasteiger partial charge < -0.3 is 5.32 Å². The van der Waals surface area contributed by atoms with Gasteiger partial charge in [-0.05, 0) is 45.8 Å². The first-order chi connectivity index (χ1) is 8.33. The first-order valence-electron chi connectivity index (χ1n) is 7.74. The molecule has 1 N–H and O–H groups in total. The Balaban J connectivity index is 2.62. The lowest BCUT2D eigenvalue weighted by molar-refractivity contribution is 0.136. The van der Waals surface area contributed by atoms with Gasteiger partial charge in [-0.1, -0.05) is 39.5 Å². The predicted molar refractivity (Wildman–Crippen MR) is 76.5 cm³/mol. The Morgan fingerprint density at radius 2 is 1.53 bits per heavy atom. The molecule has 0 amide bonds. The number of nitrogens with one attached hydrogen (secondary N) is 1. The van der Waals surface area contributed by atoms with E-state index < -0.39 is 0 Å². The monoisotopic (exact) mass is 240 g/mol. The van der Waals surface area contributed by atoms with Crippen LogP contribution in [0.25, 0.3) is 0 Å². The minimum atomic E-state index is 0.716. The van der Waals surface area contributed by atoms with Gasteiger partial charge in [0.1, 0.15) is 0 Å². The van der Waals surface area contributed by atoms with Crippen molar-refractivity contribution in [3.63, 3.8) is 0 Å². The van der Waals surface area contributed by atoms with E-state index in [1.54, 1.807) is 0 Å². The van der Waals surface area contributed by atoms with Crippen LogP contribution in [-0.4, -0.2) is 37.1 Å². The van der Waals surface area contributed by atoms with E-state index in [1.165, 1.54) is 64.5 Å². The fraction of sp³-hybridized carbons (Fsp3) is 1.00. The van der Waals surface area contributed by atoms with Gasteiger partial charge in [-0.2, -0.15) is 0 Å². The minimum Gasteiger partial charge on any atom is -0.315 e. The zero-order valence-electron chi connectivity index (χ0n) is 12.2. The molecule has 2 nitrogen and oxygen atoms in total. The second-order valence-electron chi connectivity index (χ2n) is 5.49. The topological polar surface area (TPSA) is 15.3 Å². The van der Waals surface area contributed by atoms with E-state index in [1.807, 2.05) is 0 Å². The van der Waals surface area contributed by atoms with Gasteiger partial charge in [0.15, 0.2) is 0 Å². The molecule has 0 heterocycles. The third-order valence-electron chi connectivity index (χ3n) is 4.09. The summed E-state index contributed by atoms with van der Waals surface area (Å²) in [6, 6.07) is 1.49. The molecule has 0 radical (unpaired) electrons. The van der Waals surface area contributed by atoms with Crippen molar-refractivity contribution < 1.29 is 0 Å². The molecule has 0 bridgehead atoms. The van der Waals surface area contributed by atoms with Crippen LogP contribution in [0.2, 0.25) is 0 Å². The molecule has 0 aromatic carbocycles. The molecule has 1 saturated carbocycles. The summed E-state index contributed by atoms with van der Waals surface area (Å²) >= 11 is 0. The lowest BCUT2D eigenvalue weighted by atomic mass is 9.91. The Bertz CT molecular complexity index is 176. The van der Waals surface area contributed by atoms with Crippen LogP contribution in [0.4, 0.5) is 0 Å². The van der Waals surface area contributed by atoms with Crippen LogP contribution in [0.5, 0.6) is 0 Å². The molecule has 0 aromatic heterocycles. The fourth-order valence-corrected chi connectivity index (χ4v) is 3.26. The smallest absolute Gasteiger partial charge is 0.0249 e. The largest absolute Gasteiger partial charge is 0.315 e. The normalized spacial score (nSPS) is 26.8. The van der Waals surface area contributed by atoms with Gasteiger partial charge in [0.25, 0.3) is 0 Å². The molecule has 2 unspecified atom stereocenters. The van der Waals surface area contributed by atoms with E-state index in [9.17, 15) is 0 Å². The molecule has 1 fully saturated rings. The van der Waals surface area contributed by atoms with Gasteiger partial charge in [-0.3, -0.25) is 4.90 Å². The lowest BCUT2D eigenvalue weighted by Gasteiger charge is -2.38. The quantitative estimate of drug-likeness (QED) is 0.765. The highest BCUT2D eigenvalue weighted by Crippen LogP contribution is 2.22. The van der Waals surface area contributed by atoms with Crippen LogP contribution in [-0.2, 0) is 0 Å². The van der Waals surface area contributed by atoms with Gasteiger partial charge in [-0.25, -0.2) is 0 Å². The van der Waals surface area contributed by atoms with Gasteiger partial charge in [0, 0.05) is 12.1 Å². The average Bonchev–Trinajstić information content (AvgIpc) is 2.29. The lowest BCUT2D eigenvalue weighted by Crippen LogP contribution is -2.50. The molecule has 102 valence electrons. The third-order valence-corrected chi connectivity index (χ3v) is 4.09. The van der Waals surface area contributed by atoms with Crippen molar-refractivity contribution >= 4 is 0 Å². The van der Waals surface area contributed by atoms with Crippen molar-refractivity contribution in [1.82, 2.24) is 10.2 Å². The van der Waals surface area contributed by atoms with E-state index >= 15 is 0 Å². The van der Waals surface area contributed by atoms with E-state index in [2.05, 4.69) is 31.1 Å². The first kappa shape index (κ1) is 15.0. The van der Waals surface area contributed by atoms with Crippen LogP contribution in [0, 0.1) is 0 Å². The summed E-state index contributed by atoms with van der Waals surface area (Å²) in [7, 11) is 2.15. The first-order valence-corrected chi connectivity index (χ1v) is 7.74. The van der Waals surface area contributed by atoms with Gasteiger partial charge in [0.2, 0.25) is 0 Å². The van der Waals surface area contributed by atoms with E-state index in [0.29, 0.717) is 6.04 Å². The predicted octanol–water partition coefficient (Wildman–Crippen LogP) is 3.42. The maximum Gasteiger partial charge on any atom is 0.0249 e. The molecule has 0 saturated heterocycles. The fourth-order valence-electron chi connectivity index (χ4n) is 3.26. The molecule has 0 aromatic rings. The number of nitrogens with zero attached hydrogens (tertiary/aromatic N) is 1. The Morgan fingerprint density at radius 3 is 2.06 bits per heavy atom. The molecular formula is C15H32N2. The summed E-state index contributed by atoms with van der Waals surface area (Å²) in [4.78, 5) is 2.74. The molecule has 1 aliphatic carbocycles. The van der Waals surface area contributed by atoms with Crippen molar-refractivity contribution in [3.05, 3.63) is 0 Å². The standard InChI is InChI=1S/C15H32N2/c1-4-12-17(13-5-2)15-11-9-7-6-8-10-14(15)16-3/h14-16H,4-13H2,1-3H3. The van der Waals surface area contributed by atoms with Crippen molar-refractivity contribution in [2.24, 2.45) is 0 Å². The number of rotatable bonds is 6. The van der Waals surface area contributed by atoms with Gasteiger partial charge in [0.05, 0.1) is 0 Å². The zero-order chi connectivity index (χ0) is 12.5. The Hall–Kier alpha value is -0.0800. The molecular weight excluding hydrogens is 208 g/mol. The van der Waals surface area contributed by atoms with Gasteiger partial charge in [-0.15, -0.1) is 0 Å². The number of likely N-dealkylation sites (N-methyl/N-ethyl adjacent to an activating group) is 1. The summed E-state index contributed by atoms with van der Waals surface area (Å²) in [6.45, 7) is 7.16. The Morgan fingerprint density at radius 1 is 0.941 bits per heavy atom. The Kier molecular flexibility index (Phi) is 7.87. The van der Waals surface area contributed by atoms with E-state index in [4.69, 9.17) is 0 Å². The Labute approximate surface area is 108 Å². The van der Waals surface area contributed by atoms with Crippen LogP contribution >= 0.6 is 0 Å². The van der Waals surface area contributed by atoms with Crippen LogP contribution in [0.15, 0.2) is 0 Å². The van der Waals surface area contributed by atoms with Crippen molar-refractivity contribution in [2.45, 2.75) is 77.3 Å². The summed E-state index contributed by atoms with van der Waals surface area (Å²) in [6.07, 6.45) is 11.0. The second kappa shape index (κ2) is 8.93. The van der Waals surface area contributed by atoms with Gasteiger partial charge >= 0.3 is 0 Å². The molecule has 0 aliphatic heterocycles. The van der Waals surface area contributed by atoms with E-state index in [-0.39, 0.29) is 0 Å². The minimum absolute atomic E-state index is 0.716.